The first-order valence-electron chi connectivity index (χ1n) is 5.10. The lowest BCUT2D eigenvalue weighted by molar-refractivity contribution is -0.0503. The molecule has 0 heterocycles. The van der Waals surface area contributed by atoms with E-state index in [4.69, 9.17) is 0 Å². The Morgan fingerprint density at radius 3 is 2.47 bits per heavy atom. The van der Waals surface area contributed by atoms with E-state index in [1.165, 1.54) is 0 Å². The van der Waals surface area contributed by atoms with Gasteiger partial charge >= 0.3 is 6.61 Å². The van der Waals surface area contributed by atoms with Gasteiger partial charge < -0.3 is 4.74 Å². The van der Waals surface area contributed by atoms with Gasteiger partial charge in [-0.05, 0) is 36.5 Å². The van der Waals surface area contributed by atoms with E-state index in [1.807, 2.05) is 12.1 Å². The summed E-state index contributed by atoms with van der Waals surface area (Å²) in [7, 11) is 0. The zero-order valence-corrected chi connectivity index (χ0v) is 9.26. The number of hydrogen-bond acceptors (Lipinski definition) is 1. The van der Waals surface area contributed by atoms with E-state index in [0.29, 0.717) is 5.92 Å². The molecule has 0 spiro atoms. The first-order chi connectivity index (χ1) is 7.04. The highest BCUT2D eigenvalue weighted by molar-refractivity contribution is 5.37. The van der Waals surface area contributed by atoms with Crippen molar-refractivity contribution in [1.29, 1.82) is 0 Å². The van der Waals surface area contributed by atoms with Crippen LogP contribution in [0.15, 0.2) is 18.2 Å². The molecule has 1 atom stereocenters. The van der Waals surface area contributed by atoms with Gasteiger partial charge in [-0.1, -0.05) is 26.0 Å². The fraction of sp³-hybridized carbons (Fsp3) is 0.500. The van der Waals surface area contributed by atoms with Crippen molar-refractivity contribution < 1.29 is 13.5 Å². The second-order valence-electron chi connectivity index (χ2n) is 3.71. The number of alkyl halides is 2. The van der Waals surface area contributed by atoms with Gasteiger partial charge in [0.15, 0.2) is 0 Å². The van der Waals surface area contributed by atoms with E-state index in [9.17, 15) is 8.78 Å². The highest BCUT2D eigenvalue weighted by Gasteiger charge is 2.09. The van der Waals surface area contributed by atoms with E-state index in [2.05, 4.69) is 18.6 Å². The maximum absolute atomic E-state index is 12.0. The average molecular weight is 214 g/mol. The Morgan fingerprint density at radius 1 is 1.33 bits per heavy atom. The van der Waals surface area contributed by atoms with Crippen LogP contribution in [0.2, 0.25) is 0 Å². The highest BCUT2D eigenvalue weighted by Crippen LogP contribution is 2.26. The van der Waals surface area contributed by atoms with Crippen molar-refractivity contribution in [3.05, 3.63) is 29.3 Å². The molecular weight excluding hydrogens is 198 g/mol. The van der Waals surface area contributed by atoms with Gasteiger partial charge in [-0.3, -0.25) is 0 Å². The van der Waals surface area contributed by atoms with Gasteiger partial charge in [0.05, 0.1) is 0 Å². The molecule has 1 nitrogen and oxygen atoms in total. The Hall–Kier alpha value is -1.12. The summed E-state index contributed by atoms with van der Waals surface area (Å²) >= 11 is 0. The number of aryl methyl sites for hydroxylation is 1. The fourth-order valence-corrected chi connectivity index (χ4v) is 1.44. The van der Waals surface area contributed by atoms with E-state index >= 15 is 0 Å². The van der Waals surface area contributed by atoms with Crippen molar-refractivity contribution in [3.63, 3.8) is 0 Å². The van der Waals surface area contributed by atoms with Gasteiger partial charge in [0.2, 0.25) is 0 Å². The third-order valence-electron chi connectivity index (χ3n) is 2.60. The van der Waals surface area contributed by atoms with Crippen molar-refractivity contribution in [1.82, 2.24) is 0 Å². The summed E-state index contributed by atoms with van der Waals surface area (Å²) in [6, 6.07) is 5.37. The highest BCUT2D eigenvalue weighted by atomic mass is 19.3. The molecule has 3 heteroatoms. The largest absolute Gasteiger partial charge is 0.435 e. The van der Waals surface area contributed by atoms with Crippen molar-refractivity contribution in [2.24, 2.45) is 0 Å². The molecule has 1 aromatic rings. The summed E-state index contributed by atoms with van der Waals surface area (Å²) < 4.78 is 28.4. The van der Waals surface area contributed by atoms with Crippen molar-refractivity contribution >= 4 is 0 Å². The van der Waals surface area contributed by atoms with Crippen molar-refractivity contribution in [2.75, 3.05) is 0 Å². The second-order valence-corrected chi connectivity index (χ2v) is 3.71. The first-order valence-corrected chi connectivity index (χ1v) is 5.10. The Morgan fingerprint density at radius 2 is 2.00 bits per heavy atom. The fourth-order valence-electron chi connectivity index (χ4n) is 1.44. The van der Waals surface area contributed by atoms with Gasteiger partial charge in [0.25, 0.3) is 0 Å². The lowest BCUT2D eigenvalue weighted by Gasteiger charge is -2.13. The summed E-state index contributed by atoms with van der Waals surface area (Å²) in [6.07, 6.45) is 1.04. The molecular formula is C12H16F2O. The number of benzene rings is 1. The van der Waals surface area contributed by atoms with Crippen LogP contribution in [0.5, 0.6) is 5.75 Å². The van der Waals surface area contributed by atoms with Crippen LogP contribution >= 0.6 is 0 Å². The van der Waals surface area contributed by atoms with E-state index in [1.54, 1.807) is 13.0 Å². The van der Waals surface area contributed by atoms with Gasteiger partial charge in [-0.2, -0.15) is 8.78 Å². The van der Waals surface area contributed by atoms with Gasteiger partial charge in [-0.15, -0.1) is 0 Å². The molecule has 0 aliphatic heterocycles. The summed E-state index contributed by atoms with van der Waals surface area (Å²) in [5, 5.41) is 0. The third kappa shape index (κ3) is 3.18. The normalized spacial score (nSPS) is 12.9. The van der Waals surface area contributed by atoms with E-state index in [0.717, 1.165) is 17.5 Å². The molecule has 15 heavy (non-hydrogen) atoms. The Kier molecular flexibility index (Phi) is 4.06. The van der Waals surface area contributed by atoms with Crippen LogP contribution in [0.3, 0.4) is 0 Å². The van der Waals surface area contributed by atoms with Gasteiger partial charge in [-0.25, -0.2) is 0 Å². The zero-order chi connectivity index (χ0) is 11.4. The lowest BCUT2D eigenvalue weighted by Crippen LogP contribution is -2.04. The standard InChI is InChI=1S/C12H16F2O/c1-4-8(2)10-5-6-11(9(3)7-10)15-12(13)14/h5-8,12H,4H2,1-3H3. The van der Waals surface area contributed by atoms with Crippen LogP contribution in [0.25, 0.3) is 0 Å². The van der Waals surface area contributed by atoms with Crippen molar-refractivity contribution in [3.8, 4) is 5.75 Å². The first kappa shape index (κ1) is 12.0. The molecule has 0 fully saturated rings. The molecule has 1 rings (SSSR count). The summed E-state index contributed by atoms with van der Waals surface area (Å²) in [5.74, 6) is 0.710. The maximum atomic E-state index is 12.0. The molecule has 1 aromatic carbocycles. The predicted octanol–water partition coefficient (Wildman–Crippen LogP) is 4.11. The maximum Gasteiger partial charge on any atom is 0.387 e. The molecule has 0 saturated carbocycles. The van der Waals surface area contributed by atoms with E-state index in [-0.39, 0.29) is 5.75 Å². The SMILES string of the molecule is CCC(C)c1ccc(OC(F)F)c(C)c1. The molecule has 0 saturated heterocycles. The number of halogens is 2. The molecule has 0 aliphatic carbocycles. The zero-order valence-electron chi connectivity index (χ0n) is 9.26. The smallest absolute Gasteiger partial charge is 0.387 e. The second kappa shape index (κ2) is 5.10. The minimum Gasteiger partial charge on any atom is -0.435 e. The number of hydrogen-bond donors (Lipinski definition) is 0. The number of rotatable bonds is 4. The van der Waals surface area contributed by atoms with Crippen LogP contribution < -0.4 is 4.74 Å². The van der Waals surface area contributed by atoms with Crippen molar-refractivity contribution in [2.45, 2.75) is 39.7 Å². The minimum absolute atomic E-state index is 0.261. The minimum atomic E-state index is -2.75. The molecule has 0 radical (unpaired) electrons. The quantitative estimate of drug-likeness (QED) is 0.732. The van der Waals surface area contributed by atoms with E-state index < -0.39 is 6.61 Å². The predicted molar refractivity (Wildman–Crippen MR) is 56.5 cm³/mol. The summed E-state index contributed by atoms with van der Waals surface area (Å²) in [4.78, 5) is 0. The van der Waals surface area contributed by atoms with Crippen LogP contribution in [0.4, 0.5) is 8.78 Å². The summed E-state index contributed by atoms with van der Waals surface area (Å²) in [5.41, 5.74) is 1.92. The summed E-state index contributed by atoms with van der Waals surface area (Å²) in [6.45, 7) is 3.24. The van der Waals surface area contributed by atoms with Gasteiger partial charge in [0, 0.05) is 0 Å². The Bertz CT molecular complexity index is 323. The molecule has 0 amide bonds. The Balaban J connectivity index is 2.88. The molecule has 1 unspecified atom stereocenters. The Labute approximate surface area is 89.1 Å². The molecule has 0 bridgehead atoms. The van der Waals surface area contributed by atoms with Gasteiger partial charge in [0.1, 0.15) is 5.75 Å². The third-order valence-corrected chi connectivity index (χ3v) is 2.60. The lowest BCUT2D eigenvalue weighted by atomic mass is 9.97. The van der Waals surface area contributed by atoms with Crippen LogP contribution in [0.1, 0.15) is 37.3 Å². The topological polar surface area (TPSA) is 9.23 Å². The molecule has 84 valence electrons. The van der Waals surface area contributed by atoms with Crippen LogP contribution in [-0.4, -0.2) is 6.61 Å². The number of ether oxygens (including phenoxy) is 1. The van der Waals surface area contributed by atoms with Crippen LogP contribution in [-0.2, 0) is 0 Å². The molecule has 0 aliphatic rings. The monoisotopic (exact) mass is 214 g/mol. The average Bonchev–Trinajstić information content (AvgIpc) is 2.19. The molecule has 0 aromatic heterocycles. The van der Waals surface area contributed by atoms with Crippen LogP contribution in [0, 0.1) is 6.92 Å². The molecule has 0 N–H and O–H groups in total.